The van der Waals surface area contributed by atoms with Crippen LogP contribution in [0.3, 0.4) is 0 Å². The summed E-state index contributed by atoms with van der Waals surface area (Å²) in [5, 5.41) is 4.03. The molecule has 146 valence electrons. The van der Waals surface area contributed by atoms with Crippen LogP contribution in [-0.4, -0.2) is 44.2 Å². The first kappa shape index (κ1) is 21.4. The Morgan fingerprint density at radius 3 is 2.63 bits per heavy atom. The first-order valence-corrected chi connectivity index (χ1v) is 9.09. The number of benzene rings is 2. The van der Waals surface area contributed by atoms with Gasteiger partial charge in [-0.05, 0) is 23.8 Å². The van der Waals surface area contributed by atoms with Crippen molar-refractivity contribution in [3.63, 3.8) is 0 Å². The quantitative estimate of drug-likeness (QED) is 0.788. The predicted molar refractivity (Wildman–Crippen MR) is 109 cm³/mol. The number of amides is 1. The van der Waals surface area contributed by atoms with E-state index in [2.05, 4.69) is 5.32 Å². The van der Waals surface area contributed by atoms with Crippen molar-refractivity contribution in [3.05, 3.63) is 59.1 Å². The number of rotatable bonds is 6. The first-order chi connectivity index (χ1) is 12.7. The van der Waals surface area contributed by atoms with Crippen molar-refractivity contribution in [2.75, 3.05) is 33.4 Å². The Morgan fingerprint density at radius 1 is 1.19 bits per heavy atom. The van der Waals surface area contributed by atoms with Gasteiger partial charge in [-0.1, -0.05) is 41.9 Å². The first-order valence-electron chi connectivity index (χ1n) is 8.71. The average Bonchev–Trinajstić information content (AvgIpc) is 2.68. The van der Waals surface area contributed by atoms with E-state index >= 15 is 0 Å². The highest BCUT2D eigenvalue weighted by Crippen LogP contribution is 2.29. The van der Waals surface area contributed by atoms with Gasteiger partial charge in [0, 0.05) is 24.7 Å². The van der Waals surface area contributed by atoms with Gasteiger partial charge in [0.25, 0.3) is 0 Å². The molecule has 2 aromatic rings. The molecular weight excluding hydrogens is 387 g/mol. The molecule has 0 bridgehead atoms. The van der Waals surface area contributed by atoms with Crippen molar-refractivity contribution in [1.29, 1.82) is 0 Å². The minimum absolute atomic E-state index is 0. The number of carbonyl (C=O) groups excluding carboxylic acids is 1. The Hall–Kier alpha value is -1.95. The second-order valence-corrected chi connectivity index (χ2v) is 6.49. The standard InChI is InChI=1S/C20H23ClN2O3.ClH/c1-25-18-8-4-5-9-19(18)26-13-10-20(24)23-12-11-22-14-17(23)15-6-2-3-7-16(15)21;/h2-9,17,22H,10-14H2,1H3;1H. The Morgan fingerprint density at radius 2 is 1.89 bits per heavy atom. The summed E-state index contributed by atoms with van der Waals surface area (Å²) in [4.78, 5) is 14.7. The van der Waals surface area contributed by atoms with Crippen LogP contribution in [0.4, 0.5) is 0 Å². The van der Waals surface area contributed by atoms with Gasteiger partial charge in [-0.25, -0.2) is 0 Å². The van der Waals surface area contributed by atoms with Crippen molar-refractivity contribution in [1.82, 2.24) is 10.2 Å². The molecule has 0 aliphatic carbocycles. The number of piperazine rings is 1. The topological polar surface area (TPSA) is 50.8 Å². The molecule has 0 aromatic heterocycles. The second kappa shape index (κ2) is 10.4. The van der Waals surface area contributed by atoms with Gasteiger partial charge in [-0.2, -0.15) is 0 Å². The van der Waals surface area contributed by atoms with E-state index in [1.54, 1.807) is 7.11 Å². The molecule has 5 nitrogen and oxygen atoms in total. The van der Waals surface area contributed by atoms with Crippen LogP contribution in [0.2, 0.25) is 5.02 Å². The summed E-state index contributed by atoms with van der Waals surface area (Å²) in [5.74, 6) is 1.37. The van der Waals surface area contributed by atoms with Gasteiger partial charge in [-0.3, -0.25) is 4.79 Å². The molecule has 2 aromatic carbocycles. The molecule has 1 unspecified atom stereocenters. The molecule has 1 fully saturated rings. The van der Waals surface area contributed by atoms with E-state index in [-0.39, 0.29) is 24.4 Å². The lowest BCUT2D eigenvalue weighted by Crippen LogP contribution is -2.49. The van der Waals surface area contributed by atoms with E-state index in [0.717, 1.165) is 12.1 Å². The maximum absolute atomic E-state index is 12.8. The Labute approximate surface area is 171 Å². The van der Waals surface area contributed by atoms with Gasteiger partial charge in [0.2, 0.25) is 5.91 Å². The zero-order valence-electron chi connectivity index (χ0n) is 15.2. The lowest BCUT2D eigenvalue weighted by molar-refractivity contribution is -0.135. The minimum Gasteiger partial charge on any atom is -0.493 e. The van der Waals surface area contributed by atoms with Crippen molar-refractivity contribution in [2.24, 2.45) is 0 Å². The van der Waals surface area contributed by atoms with Crippen molar-refractivity contribution in [2.45, 2.75) is 12.5 Å². The molecular formula is C20H24Cl2N2O3. The van der Waals surface area contributed by atoms with Crippen LogP contribution in [0.5, 0.6) is 11.5 Å². The summed E-state index contributed by atoms with van der Waals surface area (Å²) in [5.41, 5.74) is 0.973. The number of hydrogen-bond donors (Lipinski definition) is 1. The summed E-state index contributed by atoms with van der Waals surface area (Å²) in [6.07, 6.45) is 0.305. The van der Waals surface area contributed by atoms with Crippen LogP contribution in [0.1, 0.15) is 18.0 Å². The fraction of sp³-hybridized carbons (Fsp3) is 0.350. The van der Waals surface area contributed by atoms with Gasteiger partial charge < -0.3 is 19.7 Å². The lowest BCUT2D eigenvalue weighted by atomic mass is 10.0. The lowest BCUT2D eigenvalue weighted by Gasteiger charge is -2.37. The third-order valence-corrected chi connectivity index (χ3v) is 4.81. The highest BCUT2D eigenvalue weighted by molar-refractivity contribution is 6.31. The van der Waals surface area contributed by atoms with Gasteiger partial charge in [0.1, 0.15) is 0 Å². The van der Waals surface area contributed by atoms with E-state index in [4.69, 9.17) is 21.1 Å². The molecule has 1 amide bonds. The smallest absolute Gasteiger partial charge is 0.226 e. The third-order valence-electron chi connectivity index (χ3n) is 4.47. The van der Waals surface area contributed by atoms with Crippen LogP contribution in [0.15, 0.2) is 48.5 Å². The van der Waals surface area contributed by atoms with Gasteiger partial charge in [-0.15, -0.1) is 12.4 Å². The zero-order valence-corrected chi connectivity index (χ0v) is 16.8. The Bertz CT molecular complexity index is 758. The van der Waals surface area contributed by atoms with E-state index in [9.17, 15) is 4.79 Å². The third kappa shape index (κ3) is 5.28. The van der Waals surface area contributed by atoms with Gasteiger partial charge in [0.15, 0.2) is 11.5 Å². The summed E-state index contributed by atoms with van der Waals surface area (Å²) in [6.45, 7) is 2.44. The summed E-state index contributed by atoms with van der Waals surface area (Å²) >= 11 is 6.34. The van der Waals surface area contributed by atoms with E-state index in [1.165, 1.54) is 0 Å². The van der Waals surface area contributed by atoms with E-state index in [0.29, 0.717) is 42.6 Å². The Balaban J connectivity index is 0.00000261. The number of hydrogen-bond acceptors (Lipinski definition) is 4. The summed E-state index contributed by atoms with van der Waals surface area (Å²) in [6, 6.07) is 15.1. The SMILES string of the molecule is COc1ccccc1OCCC(=O)N1CCNCC1c1ccccc1Cl.Cl. The maximum Gasteiger partial charge on any atom is 0.226 e. The Kier molecular flexibility index (Phi) is 8.23. The molecule has 7 heteroatoms. The molecule has 1 aliphatic heterocycles. The molecule has 1 N–H and O–H groups in total. The molecule has 0 radical (unpaired) electrons. The van der Waals surface area contributed by atoms with Gasteiger partial charge >= 0.3 is 0 Å². The number of methoxy groups -OCH3 is 1. The monoisotopic (exact) mass is 410 g/mol. The number of nitrogens with zero attached hydrogens (tertiary/aromatic N) is 1. The van der Waals surface area contributed by atoms with Crippen molar-refractivity contribution in [3.8, 4) is 11.5 Å². The van der Waals surface area contributed by atoms with E-state index < -0.39 is 0 Å². The minimum atomic E-state index is -0.0591. The molecule has 1 heterocycles. The largest absolute Gasteiger partial charge is 0.493 e. The molecule has 3 rings (SSSR count). The highest BCUT2D eigenvalue weighted by atomic mass is 35.5. The number of halogens is 2. The fourth-order valence-corrected chi connectivity index (χ4v) is 3.42. The predicted octanol–water partition coefficient (Wildman–Crippen LogP) is 3.71. The van der Waals surface area contributed by atoms with E-state index in [1.807, 2.05) is 53.4 Å². The molecule has 1 saturated heterocycles. The zero-order chi connectivity index (χ0) is 18.4. The molecule has 1 aliphatic rings. The van der Waals surface area contributed by atoms with Crippen LogP contribution < -0.4 is 14.8 Å². The summed E-state index contributed by atoms with van der Waals surface area (Å²) in [7, 11) is 1.60. The molecule has 0 saturated carbocycles. The van der Waals surface area contributed by atoms with Gasteiger partial charge in [0.05, 0.1) is 26.2 Å². The van der Waals surface area contributed by atoms with Crippen molar-refractivity contribution >= 4 is 29.9 Å². The van der Waals surface area contributed by atoms with Crippen LogP contribution in [-0.2, 0) is 4.79 Å². The number of carbonyl (C=O) groups is 1. The fourth-order valence-electron chi connectivity index (χ4n) is 3.16. The number of ether oxygens (including phenoxy) is 2. The van der Waals surface area contributed by atoms with Crippen molar-refractivity contribution < 1.29 is 14.3 Å². The second-order valence-electron chi connectivity index (χ2n) is 6.08. The molecule has 0 spiro atoms. The normalized spacial score (nSPS) is 16.4. The number of para-hydroxylation sites is 2. The summed E-state index contributed by atoms with van der Waals surface area (Å²) < 4.78 is 11.0. The molecule has 27 heavy (non-hydrogen) atoms. The van der Waals surface area contributed by atoms with Crippen LogP contribution in [0, 0.1) is 0 Å². The maximum atomic E-state index is 12.8. The number of nitrogens with one attached hydrogen (secondary N) is 1. The van der Waals surface area contributed by atoms with Crippen LogP contribution >= 0.6 is 24.0 Å². The highest BCUT2D eigenvalue weighted by Gasteiger charge is 2.28. The molecule has 1 atom stereocenters. The average molecular weight is 411 g/mol. The van der Waals surface area contributed by atoms with Crippen LogP contribution in [0.25, 0.3) is 0 Å².